The summed E-state index contributed by atoms with van der Waals surface area (Å²) in [6.07, 6.45) is 9.23. The fraction of sp³-hybridized carbons (Fsp3) is 0.263. The lowest BCUT2D eigenvalue weighted by atomic mass is 9.93. The van der Waals surface area contributed by atoms with Crippen LogP contribution >= 0.6 is 0 Å². The van der Waals surface area contributed by atoms with Crippen LogP contribution in [0.5, 0.6) is 11.5 Å². The van der Waals surface area contributed by atoms with E-state index in [1.807, 2.05) is 0 Å². The molecule has 12 rings (SSSR count). The largest absolute Gasteiger partial charge is 0.543 e. The molecule has 10 aromatic rings. The van der Waals surface area contributed by atoms with Gasteiger partial charge in [-0.1, -0.05) is 133 Å². The fourth-order valence-corrected chi connectivity index (χ4v) is 11.6. The Morgan fingerprint density at radius 2 is 0.635 bits per heavy atom. The number of carbonyl (C=O) groups is 10. The summed E-state index contributed by atoms with van der Waals surface area (Å²) in [6.45, 7) is 8.65. The highest BCUT2D eigenvalue weighted by molar-refractivity contribution is 6.26. The van der Waals surface area contributed by atoms with Gasteiger partial charge in [0.05, 0.1) is 96.0 Å². The van der Waals surface area contributed by atoms with E-state index in [1.54, 1.807) is 14.2 Å². The topological polar surface area (TPSA) is 462 Å². The van der Waals surface area contributed by atoms with Crippen molar-refractivity contribution in [2.24, 2.45) is 11.8 Å². The molecule has 2 saturated heterocycles. The smallest absolute Gasteiger partial charge is 0.118 e. The quantitative estimate of drug-likeness (QED) is 0.0830. The number of fused-ring (bicyclic) bond motifs is 4. The number of para-hydroxylation sites is 4. The number of aromatic nitrogens is 4. The number of nitrogens with zero attached hydrogens (tertiary/aromatic N) is 6. The number of likely N-dealkylation sites (tertiary alicyclic amines) is 2. The average molecular weight is 1420 g/mol. The van der Waals surface area contributed by atoms with E-state index in [4.69, 9.17) is 118 Å². The minimum atomic E-state index is -2.19. The molecule has 2 aromatic heterocycles. The molecular formula is C76H70N6O22-10. The van der Waals surface area contributed by atoms with Gasteiger partial charge in [0.2, 0.25) is 0 Å². The molecule has 0 radical (unpaired) electrons. The maximum Gasteiger partial charge on any atom is 0.118 e. The predicted octanol–water partition coefficient (Wildman–Crippen LogP) is -4.08. The molecule has 4 heterocycles. The van der Waals surface area contributed by atoms with Gasteiger partial charge in [0.1, 0.15) is 23.1 Å². The molecule has 0 spiro atoms. The van der Waals surface area contributed by atoms with Crippen LogP contribution in [0.4, 0.5) is 0 Å². The molecule has 8 aromatic carbocycles. The first-order valence-electron chi connectivity index (χ1n) is 32.4. The van der Waals surface area contributed by atoms with E-state index in [2.05, 4.69) is 201 Å². The minimum Gasteiger partial charge on any atom is -0.543 e. The number of hydrogen-bond donors (Lipinski definition) is 0. The number of imidazole rings is 2. The lowest BCUT2D eigenvalue weighted by Crippen LogP contribution is -2.42. The van der Waals surface area contributed by atoms with Crippen LogP contribution in [0.2, 0.25) is 0 Å². The highest BCUT2D eigenvalue weighted by Crippen LogP contribution is 2.30. The van der Waals surface area contributed by atoms with Gasteiger partial charge in [0.25, 0.3) is 0 Å². The fourth-order valence-electron chi connectivity index (χ4n) is 11.6. The molecule has 0 aliphatic carbocycles. The molecule has 104 heavy (non-hydrogen) atoms. The van der Waals surface area contributed by atoms with Crippen LogP contribution in [0.15, 0.2) is 182 Å². The first-order chi connectivity index (χ1) is 49.7. The second-order valence-electron chi connectivity index (χ2n) is 23.5. The maximum absolute atomic E-state index is 8.93. The van der Waals surface area contributed by atoms with E-state index in [0.717, 1.165) is 74.4 Å². The maximum atomic E-state index is 8.93. The average Bonchev–Trinajstić information content (AvgIpc) is 1.63. The monoisotopic (exact) mass is 1420 g/mol. The van der Waals surface area contributed by atoms with Gasteiger partial charge in [0.15, 0.2) is 0 Å². The van der Waals surface area contributed by atoms with Crippen molar-refractivity contribution in [2.75, 3.05) is 53.5 Å². The van der Waals surface area contributed by atoms with Crippen LogP contribution in [0, 0.1) is 11.8 Å². The van der Waals surface area contributed by atoms with Gasteiger partial charge >= 0.3 is 0 Å². The summed E-state index contributed by atoms with van der Waals surface area (Å²) in [4.78, 5) is 105. The van der Waals surface area contributed by atoms with E-state index in [1.165, 1.54) is 118 Å². The Kier molecular flexibility index (Phi) is 31.4. The molecule has 0 saturated carbocycles. The van der Waals surface area contributed by atoms with Gasteiger partial charge in [-0.15, -0.1) is 0 Å². The summed E-state index contributed by atoms with van der Waals surface area (Å²) in [6, 6.07) is 64.9. The third kappa shape index (κ3) is 25.6. The lowest BCUT2D eigenvalue weighted by Gasteiger charge is -2.32. The van der Waals surface area contributed by atoms with E-state index < -0.39 is 59.7 Å². The molecule has 0 bridgehead atoms. The van der Waals surface area contributed by atoms with Crippen molar-refractivity contribution in [3.63, 3.8) is 0 Å². The van der Waals surface area contributed by atoms with Crippen molar-refractivity contribution in [3.05, 3.63) is 216 Å². The number of ether oxygens (including phenoxy) is 2. The zero-order valence-corrected chi connectivity index (χ0v) is 56.5. The number of carbonyl (C=O) groups excluding carboxylic acids is 10. The Labute approximate surface area is 595 Å². The van der Waals surface area contributed by atoms with Crippen LogP contribution < -0.4 is 60.5 Å². The third-order valence-electron chi connectivity index (χ3n) is 16.8. The summed E-state index contributed by atoms with van der Waals surface area (Å²) >= 11 is 0. The normalized spacial score (nSPS) is 12.8. The molecule has 2 aliphatic rings. The molecule has 0 amide bonds. The highest BCUT2D eigenvalue weighted by atomic mass is 16.5. The SMILES string of the molecule is COc1ccc(CCN2CCC(Cc3nc4ccccc4n3Cc3cccc4ccccc34)CC2)cc1.COc1ccc(CCN2CCC(Cc3nc4ccccc4n3Cc3cccc4ccccc34)CC2)cc1.O=C([O-])C(=O)[O-].O=C([O-])C(=O)[O-].O=C([O-])C(=O)[O-].O=C([O-])C(=O)[O-].O=C([O-])C(=O)[O-]. The number of aliphatic carboxylic acids is 10. The Balaban J connectivity index is 0.000000235. The number of hydrogen-bond acceptors (Lipinski definition) is 26. The van der Waals surface area contributed by atoms with Crippen LogP contribution in [-0.2, 0) is 86.7 Å². The van der Waals surface area contributed by atoms with Gasteiger partial charge in [-0.2, -0.15) is 0 Å². The van der Waals surface area contributed by atoms with E-state index >= 15 is 0 Å². The molecule has 28 heteroatoms. The summed E-state index contributed by atoms with van der Waals surface area (Å²) in [5.41, 5.74) is 10.2. The number of carboxylic acids is 10. The van der Waals surface area contributed by atoms with E-state index in [9.17, 15) is 0 Å². The molecular weight excluding hydrogens is 1350 g/mol. The van der Waals surface area contributed by atoms with Gasteiger partial charge in [-0.25, -0.2) is 9.97 Å². The zero-order valence-electron chi connectivity index (χ0n) is 56.5. The van der Waals surface area contributed by atoms with Gasteiger partial charge in [-0.05, 0) is 169 Å². The Hall–Kier alpha value is -12.6. The molecule has 2 fully saturated rings. The summed E-state index contributed by atoms with van der Waals surface area (Å²) in [7, 11) is 3.44. The van der Waals surface area contributed by atoms with Gasteiger partial charge in [-0.3, -0.25) is 0 Å². The molecule has 0 atom stereocenters. The molecule has 28 nitrogen and oxygen atoms in total. The Morgan fingerprint density at radius 3 is 0.933 bits per heavy atom. The summed E-state index contributed by atoms with van der Waals surface area (Å²) in [5, 5.41) is 94.5. The van der Waals surface area contributed by atoms with E-state index in [0.29, 0.717) is 11.8 Å². The number of benzene rings is 8. The standard InChI is InChI=1S/2C33H35N3O.5C2H2O4/c2*1-37-29-15-13-25(14-16-29)17-20-35-21-18-26(19-22-35)23-33-34-31-11-4-5-12-32(31)36(33)24-28-9-6-8-27-7-2-3-10-30(27)28;5*3-1(4)2(5)6/h2*2-16,26H,17-24H2,1H3;5*(H,3,4)(H,5,6)/p-10. The van der Waals surface area contributed by atoms with Gasteiger partial charge < -0.3 is 127 Å². The van der Waals surface area contributed by atoms with Crippen molar-refractivity contribution in [1.29, 1.82) is 0 Å². The first kappa shape index (κ1) is 80.4. The lowest BCUT2D eigenvalue weighted by molar-refractivity contribution is -0.345. The van der Waals surface area contributed by atoms with Crippen LogP contribution in [-0.4, -0.2) is 142 Å². The van der Waals surface area contributed by atoms with Crippen molar-refractivity contribution >= 4 is 103 Å². The zero-order chi connectivity index (χ0) is 75.8. The molecule has 0 N–H and O–H groups in total. The van der Waals surface area contributed by atoms with Crippen molar-refractivity contribution in [2.45, 2.75) is 64.5 Å². The van der Waals surface area contributed by atoms with Crippen LogP contribution in [0.1, 0.15) is 59.6 Å². The summed E-state index contributed by atoms with van der Waals surface area (Å²) < 4.78 is 15.5. The minimum absolute atomic E-state index is 0.681. The van der Waals surface area contributed by atoms with Crippen LogP contribution in [0.25, 0.3) is 43.6 Å². The Morgan fingerprint density at radius 1 is 0.356 bits per heavy atom. The van der Waals surface area contributed by atoms with Crippen LogP contribution in [0.3, 0.4) is 0 Å². The second kappa shape index (κ2) is 40.6. The highest BCUT2D eigenvalue weighted by Gasteiger charge is 2.25. The van der Waals surface area contributed by atoms with Crippen molar-refractivity contribution in [1.82, 2.24) is 28.9 Å². The number of piperidine rings is 2. The first-order valence-corrected chi connectivity index (χ1v) is 32.4. The van der Waals surface area contributed by atoms with Gasteiger partial charge in [0, 0.05) is 39.0 Å². The van der Waals surface area contributed by atoms with Crippen molar-refractivity contribution in [3.8, 4) is 11.5 Å². The molecule has 2 aliphatic heterocycles. The van der Waals surface area contributed by atoms with E-state index in [-0.39, 0.29) is 0 Å². The Bertz CT molecular complexity index is 4140. The second-order valence-corrected chi connectivity index (χ2v) is 23.5. The number of methoxy groups -OCH3 is 2. The third-order valence-corrected chi connectivity index (χ3v) is 16.8. The number of rotatable bonds is 16. The molecule has 0 unspecified atom stereocenters. The number of carboxylic acid groups (broad SMARTS) is 10. The predicted molar refractivity (Wildman–Crippen MR) is 355 cm³/mol. The van der Waals surface area contributed by atoms with Crippen molar-refractivity contribution < 1.29 is 108 Å². The summed E-state index contributed by atoms with van der Waals surface area (Å²) in [5.74, 6) is -16.2. The molecule has 546 valence electrons.